The zero-order valence-electron chi connectivity index (χ0n) is 8.40. The highest BCUT2D eigenvalue weighted by atomic mass is 16.6. The number of nitrogens with one attached hydrogen (secondary N) is 2. The minimum Gasteiger partial charge on any atom is -0.383 e. The van der Waals surface area contributed by atoms with Gasteiger partial charge in [0.15, 0.2) is 0 Å². The van der Waals surface area contributed by atoms with Crippen LogP contribution in [0.25, 0.3) is 0 Å². The number of nitro groups is 1. The van der Waals surface area contributed by atoms with Crippen molar-refractivity contribution in [2.45, 2.75) is 0 Å². The Labute approximate surface area is 86.4 Å². The number of carbonyl (C=O) groups is 1. The van der Waals surface area contributed by atoms with Crippen molar-refractivity contribution in [3.8, 4) is 0 Å². The highest BCUT2D eigenvalue weighted by Crippen LogP contribution is 2.27. The van der Waals surface area contributed by atoms with Gasteiger partial charge in [0.1, 0.15) is 11.3 Å². The van der Waals surface area contributed by atoms with Crippen molar-refractivity contribution in [1.82, 2.24) is 5.32 Å². The molecule has 0 saturated heterocycles. The number of amides is 1. The number of hydrogen-bond acceptors (Lipinski definition) is 4. The van der Waals surface area contributed by atoms with Crippen LogP contribution in [0.1, 0.15) is 10.4 Å². The van der Waals surface area contributed by atoms with Gasteiger partial charge in [0.25, 0.3) is 5.91 Å². The number of benzene rings is 1. The van der Waals surface area contributed by atoms with Crippen LogP contribution in [-0.2, 0) is 0 Å². The molecular formula is C9H11N3O3. The Kier molecular flexibility index (Phi) is 3.22. The van der Waals surface area contributed by atoms with Gasteiger partial charge in [0, 0.05) is 14.1 Å². The third kappa shape index (κ3) is 2.04. The van der Waals surface area contributed by atoms with Gasteiger partial charge in [-0.3, -0.25) is 14.9 Å². The van der Waals surface area contributed by atoms with Crippen molar-refractivity contribution in [1.29, 1.82) is 0 Å². The van der Waals surface area contributed by atoms with E-state index in [0.29, 0.717) is 5.69 Å². The Morgan fingerprint density at radius 3 is 2.53 bits per heavy atom. The minimum absolute atomic E-state index is 0.0503. The molecule has 15 heavy (non-hydrogen) atoms. The second-order valence-electron chi connectivity index (χ2n) is 2.79. The number of rotatable bonds is 3. The fraction of sp³-hybridized carbons (Fsp3) is 0.222. The molecular weight excluding hydrogens is 198 g/mol. The smallest absolute Gasteiger partial charge is 0.305 e. The lowest BCUT2D eigenvalue weighted by Crippen LogP contribution is -2.19. The molecule has 0 aromatic heterocycles. The van der Waals surface area contributed by atoms with Gasteiger partial charge in [-0.05, 0) is 12.1 Å². The predicted octanol–water partition coefficient (Wildman–Crippen LogP) is 0.996. The van der Waals surface area contributed by atoms with E-state index < -0.39 is 10.8 Å². The molecule has 0 unspecified atom stereocenters. The van der Waals surface area contributed by atoms with Gasteiger partial charge >= 0.3 is 5.69 Å². The van der Waals surface area contributed by atoms with Crippen LogP contribution in [0.4, 0.5) is 11.4 Å². The molecule has 0 radical (unpaired) electrons. The molecule has 0 fully saturated rings. The highest BCUT2D eigenvalue weighted by molar-refractivity contribution is 6.00. The second kappa shape index (κ2) is 4.41. The molecule has 6 heteroatoms. The monoisotopic (exact) mass is 209 g/mol. The molecule has 0 aliphatic carbocycles. The van der Waals surface area contributed by atoms with E-state index in [4.69, 9.17) is 0 Å². The summed E-state index contributed by atoms with van der Waals surface area (Å²) < 4.78 is 0. The largest absolute Gasteiger partial charge is 0.383 e. The fourth-order valence-corrected chi connectivity index (χ4v) is 1.26. The van der Waals surface area contributed by atoms with E-state index >= 15 is 0 Å². The first kappa shape index (κ1) is 11.0. The van der Waals surface area contributed by atoms with E-state index in [2.05, 4.69) is 10.6 Å². The summed E-state index contributed by atoms with van der Waals surface area (Å²) in [6, 6.07) is 4.55. The van der Waals surface area contributed by atoms with Crippen LogP contribution in [0.3, 0.4) is 0 Å². The van der Waals surface area contributed by atoms with Crippen molar-refractivity contribution < 1.29 is 9.72 Å². The number of para-hydroxylation sites is 1. The molecule has 6 nitrogen and oxygen atoms in total. The Morgan fingerprint density at radius 1 is 1.40 bits per heavy atom. The van der Waals surface area contributed by atoms with Crippen molar-refractivity contribution in [3.63, 3.8) is 0 Å². The van der Waals surface area contributed by atoms with Gasteiger partial charge in [-0.25, -0.2) is 0 Å². The molecule has 0 spiro atoms. The maximum atomic E-state index is 11.4. The molecule has 1 amide bonds. The van der Waals surface area contributed by atoms with E-state index in [1.807, 2.05) is 0 Å². The normalized spacial score (nSPS) is 9.47. The van der Waals surface area contributed by atoms with Crippen LogP contribution < -0.4 is 10.6 Å². The standard InChI is InChI=1S/C9H11N3O3/c1-10-7-5-3-4-6(9(13)11-2)8(7)12(14)15/h3-5,10H,1-2H3,(H,11,13). The lowest BCUT2D eigenvalue weighted by molar-refractivity contribution is -0.384. The average molecular weight is 209 g/mol. The SMILES string of the molecule is CNC(=O)c1cccc(NC)c1[N+](=O)[O-]. The molecule has 0 aliphatic heterocycles. The molecule has 0 aliphatic rings. The summed E-state index contributed by atoms with van der Waals surface area (Å²) in [5.41, 5.74) is 0.162. The van der Waals surface area contributed by atoms with Crippen molar-refractivity contribution in [2.75, 3.05) is 19.4 Å². The molecule has 80 valence electrons. The zero-order chi connectivity index (χ0) is 11.4. The van der Waals surface area contributed by atoms with E-state index in [-0.39, 0.29) is 11.3 Å². The van der Waals surface area contributed by atoms with Crippen LogP contribution in [0.2, 0.25) is 0 Å². The Bertz CT molecular complexity index is 404. The van der Waals surface area contributed by atoms with E-state index in [1.165, 1.54) is 13.1 Å². The first-order valence-electron chi connectivity index (χ1n) is 4.29. The summed E-state index contributed by atoms with van der Waals surface area (Å²) >= 11 is 0. The van der Waals surface area contributed by atoms with Crippen molar-refractivity contribution in [2.24, 2.45) is 0 Å². The van der Waals surface area contributed by atoms with Gasteiger partial charge in [0.2, 0.25) is 0 Å². The number of nitro benzene ring substituents is 1. The molecule has 1 rings (SSSR count). The van der Waals surface area contributed by atoms with Gasteiger partial charge in [-0.15, -0.1) is 0 Å². The highest BCUT2D eigenvalue weighted by Gasteiger charge is 2.22. The second-order valence-corrected chi connectivity index (χ2v) is 2.79. The van der Waals surface area contributed by atoms with E-state index in [1.54, 1.807) is 19.2 Å². The van der Waals surface area contributed by atoms with Crippen molar-refractivity contribution >= 4 is 17.3 Å². The fourth-order valence-electron chi connectivity index (χ4n) is 1.26. The maximum Gasteiger partial charge on any atom is 0.305 e. The van der Waals surface area contributed by atoms with Gasteiger partial charge in [-0.1, -0.05) is 6.07 Å². The maximum absolute atomic E-state index is 11.4. The van der Waals surface area contributed by atoms with E-state index in [0.717, 1.165) is 0 Å². The molecule has 1 aromatic rings. The van der Waals surface area contributed by atoms with Gasteiger partial charge in [0.05, 0.1) is 4.92 Å². The molecule has 0 atom stereocenters. The molecule has 0 saturated carbocycles. The first-order chi connectivity index (χ1) is 7.11. The van der Waals surface area contributed by atoms with Crippen LogP contribution in [-0.4, -0.2) is 24.9 Å². The average Bonchev–Trinajstić information content (AvgIpc) is 2.26. The topological polar surface area (TPSA) is 84.3 Å². The predicted molar refractivity (Wildman–Crippen MR) is 56.0 cm³/mol. The molecule has 1 aromatic carbocycles. The van der Waals surface area contributed by atoms with Crippen LogP contribution >= 0.6 is 0 Å². The quantitative estimate of drug-likeness (QED) is 0.574. The number of nitrogens with zero attached hydrogens (tertiary/aromatic N) is 1. The van der Waals surface area contributed by atoms with Crippen LogP contribution in [0.15, 0.2) is 18.2 Å². The summed E-state index contributed by atoms with van der Waals surface area (Å²) in [5, 5.41) is 15.8. The van der Waals surface area contributed by atoms with E-state index in [9.17, 15) is 14.9 Å². The van der Waals surface area contributed by atoms with Crippen molar-refractivity contribution in [3.05, 3.63) is 33.9 Å². The summed E-state index contributed by atoms with van der Waals surface area (Å²) in [4.78, 5) is 21.6. The Balaban J connectivity index is 3.38. The first-order valence-corrected chi connectivity index (χ1v) is 4.29. The number of carbonyl (C=O) groups excluding carboxylic acids is 1. The Morgan fingerprint density at radius 2 is 2.07 bits per heavy atom. The lowest BCUT2D eigenvalue weighted by Gasteiger charge is -2.05. The van der Waals surface area contributed by atoms with Gasteiger partial charge in [-0.2, -0.15) is 0 Å². The third-order valence-corrected chi connectivity index (χ3v) is 1.96. The lowest BCUT2D eigenvalue weighted by atomic mass is 10.1. The number of hydrogen-bond donors (Lipinski definition) is 2. The summed E-state index contributed by atoms with van der Waals surface area (Å²) in [6.07, 6.45) is 0. The molecule has 0 heterocycles. The third-order valence-electron chi connectivity index (χ3n) is 1.96. The summed E-state index contributed by atoms with van der Waals surface area (Å²) in [5.74, 6) is -0.473. The van der Waals surface area contributed by atoms with Crippen LogP contribution in [0.5, 0.6) is 0 Å². The molecule has 0 bridgehead atoms. The van der Waals surface area contributed by atoms with Gasteiger partial charge < -0.3 is 10.6 Å². The Hall–Kier alpha value is -2.11. The zero-order valence-corrected chi connectivity index (χ0v) is 8.40. The minimum atomic E-state index is -0.573. The number of anilines is 1. The summed E-state index contributed by atoms with van der Waals surface area (Å²) in [7, 11) is 2.99. The molecule has 2 N–H and O–H groups in total. The summed E-state index contributed by atoms with van der Waals surface area (Å²) in [6.45, 7) is 0. The van der Waals surface area contributed by atoms with Crippen LogP contribution in [0, 0.1) is 10.1 Å².